The van der Waals surface area contributed by atoms with E-state index in [4.69, 9.17) is 21.1 Å². The Hall–Kier alpha value is -3.69. The first-order valence-electron chi connectivity index (χ1n) is 9.99. The molecule has 0 spiro atoms. The molecule has 3 N–H and O–H groups in total. The Labute approximate surface area is 206 Å². The number of carbonyl (C=O) groups is 3. The van der Waals surface area contributed by atoms with E-state index in [0.717, 1.165) is 9.79 Å². The van der Waals surface area contributed by atoms with Crippen molar-refractivity contribution in [1.29, 1.82) is 0 Å². The van der Waals surface area contributed by atoms with Crippen molar-refractivity contribution in [2.75, 3.05) is 26.6 Å². The maximum Gasteiger partial charge on any atom is 0.326 e. The van der Waals surface area contributed by atoms with E-state index in [9.17, 15) is 14.4 Å². The minimum absolute atomic E-state index is 0.0361. The second-order valence-corrected chi connectivity index (χ2v) is 8.33. The summed E-state index contributed by atoms with van der Waals surface area (Å²) in [5.74, 6) is -0.276. The van der Waals surface area contributed by atoms with E-state index in [2.05, 4.69) is 16.0 Å². The number of nitrogens with one attached hydrogen (secondary N) is 3. The lowest BCUT2D eigenvalue weighted by atomic mass is 10.2. The van der Waals surface area contributed by atoms with E-state index in [1.807, 2.05) is 24.3 Å². The number of halogens is 1. The average Bonchev–Trinajstić information content (AvgIpc) is 2.84. The number of ether oxygens (including phenoxy) is 2. The molecule has 0 atom stereocenters. The van der Waals surface area contributed by atoms with Crippen molar-refractivity contribution in [2.45, 2.75) is 9.79 Å². The Morgan fingerprint density at radius 2 is 1.62 bits per heavy atom. The molecule has 0 aliphatic rings. The molecule has 0 radical (unpaired) electrons. The van der Waals surface area contributed by atoms with Crippen LogP contribution in [0.4, 0.5) is 10.5 Å². The molecule has 4 amide bonds. The van der Waals surface area contributed by atoms with Crippen LogP contribution in [0.15, 0.2) is 70.5 Å². The van der Waals surface area contributed by atoms with Gasteiger partial charge in [0.15, 0.2) is 11.5 Å². The smallest absolute Gasteiger partial charge is 0.326 e. The van der Waals surface area contributed by atoms with E-state index in [1.165, 1.54) is 38.1 Å². The van der Waals surface area contributed by atoms with Crippen molar-refractivity contribution in [2.24, 2.45) is 0 Å². The summed E-state index contributed by atoms with van der Waals surface area (Å²) in [7, 11) is 4.44. The highest BCUT2D eigenvalue weighted by molar-refractivity contribution is 7.99. The van der Waals surface area contributed by atoms with Gasteiger partial charge in [-0.1, -0.05) is 29.4 Å². The third-order valence-electron chi connectivity index (χ3n) is 4.63. The predicted octanol–water partition coefficient (Wildman–Crippen LogP) is 4.83. The third kappa shape index (κ3) is 6.00. The molecule has 8 nitrogen and oxygen atoms in total. The predicted molar refractivity (Wildman–Crippen MR) is 131 cm³/mol. The molecule has 0 aliphatic carbocycles. The van der Waals surface area contributed by atoms with Gasteiger partial charge in [0.1, 0.15) is 0 Å². The summed E-state index contributed by atoms with van der Waals surface area (Å²) in [6, 6.07) is 16.6. The molecule has 0 fully saturated rings. The molecule has 0 aromatic heterocycles. The fourth-order valence-electron chi connectivity index (χ4n) is 2.99. The molecule has 3 aromatic carbocycles. The van der Waals surface area contributed by atoms with Crippen molar-refractivity contribution in [3.63, 3.8) is 0 Å². The van der Waals surface area contributed by atoms with Gasteiger partial charge in [0, 0.05) is 28.1 Å². The van der Waals surface area contributed by atoms with Gasteiger partial charge in [0.25, 0.3) is 11.8 Å². The highest BCUT2D eigenvalue weighted by atomic mass is 35.5. The highest BCUT2D eigenvalue weighted by Crippen LogP contribution is 2.37. The topological polar surface area (TPSA) is 106 Å². The fourth-order valence-corrected chi connectivity index (χ4v) is 4.18. The maximum absolute atomic E-state index is 12.5. The number of hydrogen-bond acceptors (Lipinski definition) is 6. The summed E-state index contributed by atoms with van der Waals surface area (Å²) in [6.45, 7) is 0. The molecule has 0 heterocycles. The average molecular weight is 500 g/mol. The first-order chi connectivity index (χ1) is 16.4. The summed E-state index contributed by atoms with van der Waals surface area (Å²) in [5, 5.41) is 7.48. The molecule has 0 bridgehead atoms. The van der Waals surface area contributed by atoms with Crippen molar-refractivity contribution < 1.29 is 23.9 Å². The van der Waals surface area contributed by atoms with E-state index in [0.29, 0.717) is 17.0 Å². The standard InChI is InChI=1S/C24H22ClN3O5S/c1-26-22(29)14-5-4-6-17(13-14)34-16-9-7-15(8-10-16)27-24(31)28-23(30)18-11-12-19(32-2)21(33-3)20(18)25/h4-13H,1-3H3,(H,26,29)(H2,27,28,30,31). The summed E-state index contributed by atoms with van der Waals surface area (Å²) >= 11 is 7.70. The zero-order chi connectivity index (χ0) is 24.7. The number of amides is 4. The van der Waals surface area contributed by atoms with Crippen molar-refractivity contribution in [3.8, 4) is 11.5 Å². The quantitative estimate of drug-likeness (QED) is 0.430. The number of benzene rings is 3. The summed E-state index contributed by atoms with van der Waals surface area (Å²) in [4.78, 5) is 38.4. The van der Waals surface area contributed by atoms with Crippen LogP contribution < -0.4 is 25.4 Å². The van der Waals surface area contributed by atoms with Crippen LogP contribution in [-0.4, -0.2) is 39.1 Å². The van der Waals surface area contributed by atoms with Crippen LogP contribution >= 0.6 is 23.4 Å². The van der Waals surface area contributed by atoms with Gasteiger partial charge in [-0.25, -0.2) is 4.79 Å². The number of carbonyl (C=O) groups excluding carboxylic acids is 3. The van der Waals surface area contributed by atoms with E-state index >= 15 is 0 Å². The highest BCUT2D eigenvalue weighted by Gasteiger charge is 2.20. The van der Waals surface area contributed by atoms with Gasteiger partial charge in [0.2, 0.25) is 0 Å². The third-order valence-corrected chi connectivity index (χ3v) is 6.00. The summed E-state index contributed by atoms with van der Waals surface area (Å²) in [6.07, 6.45) is 0. The van der Waals surface area contributed by atoms with Gasteiger partial charge in [0.05, 0.1) is 24.8 Å². The minimum Gasteiger partial charge on any atom is -0.493 e. The second kappa shape index (κ2) is 11.4. The molecule has 0 aliphatic heterocycles. The first kappa shape index (κ1) is 24.9. The Balaban J connectivity index is 1.62. The van der Waals surface area contributed by atoms with Crippen LogP contribution in [0.3, 0.4) is 0 Å². The molecule has 3 rings (SSSR count). The van der Waals surface area contributed by atoms with Crippen LogP contribution in [0.5, 0.6) is 11.5 Å². The lowest BCUT2D eigenvalue weighted by Crippen LogP contribution is -2.34. The number of anilines is 1. The van der Waals surface area contributed by atoms with Crippen LogP contribution in [0.2, 0.25) is 5.02 Å². The zero-order valence-corrected chi connectivity index (χ0v) is 20.2. The van der Waals surface area contributed by atoms with Crippen LogP contribution in [0.1, 0.15) is 20.7 Å². The van der Waals surface area contributed by atoms with Crippen molar-refractivity contribution in [3.05, 3.63) is 76.8 Å². The molecule has 3 aromatic rings. The number of urea groups is 1. The molecule has 0 saturated carbocycles. The van der Waals surface area contributed by atoms with Crippen molar-refractivity contribution in [1.82, 2.24) is 10.6 Å². The monoisotopic (exact) mass is 499 g/mol. The van der Waals surface area contributed by atoms with Crippen LogP contribution in [0.25, 0.3) is 0 Å². The SMILES string of the molecule is CNC(=O)c1cccc(Sc2ccc(NC(=O)NC(=O)c3ccc(OC)c(OC)c3Cl)cc2)c1. The van der Waals surface area contributed by atoms with Gasteiger partial charge < -0.3 is 20.1 Å². The second-order valence-electron chi connectivity index (χ2n) is 6.80. The van der Waals surface area contributed by atoms with Crippen LogP contribution in [-0.2, 0) is 0 Å². The minimum atomic E-state index is -0.713. The molecule has 0 saturated heterocycles. The summed E-state index contributed by atoms with van der Waals surface area (Å²) < 4.78 is 10.3. The molecule has 176 valence electrons. The first-order valence-corrected chi connectivity index (χ1v) is 11.2. The number of rotatable bonds is 7. The molecular weight excluding hydrogens is 478 g/mol. The normalized spacial score (nSPS) is 10.2. The lowest BCUT2D eigenvalue weighted by Gasteiger charge is -2.13. The Morgan fingerprint density at radius 1 is 0.882 bits per heavy atom. The molecular formula is C24H22ClN3O5S. The number of imide groups is 1. The fraction of sp³-hybridized carbons (Fsp3) is 0.125. The van der Waals surface area contributed by atoms with E-state index < -0.39 is 11.9 Å². The van der Waals surface area contributed by atoms with E-state index in [1.54, 1.807) is 31.3 Å². The van der Waals surface area contributed by atoms with Gasteiger partial charge in [-0.05, 0) is 54.6 Å². The van der Waals surface area contributed by atoms with Gasteiger partial charge >= 0.3 is 6.03 Å². The largest absolute Gasteiger partial charge is 0.493 e. The molecule has 34 heavy (non-hydrogen) atoms. The Morgan fingerprint density at radius 3 is 2.26 bits per heavy atom. The Bertz CT molecular complexity index is 1220. The van der Waals surface area contributed by atoms with Gasteiger partial charge in [-0.15, -0.1) is 0 Å². The van der Waals surface area contributed by atoms with E-state index in [-0.39, 0.29) is 22.2 Å². The Kier molecular flexibility index (Phi) is 8.39. The van der Waals surface area contributed by atoms with Gasteiger partial charge in [-0.2, -0.15) is 0 Å². The lowest BCUT2D eigenvalue weighted by molar-refractivity contribution is 0.0955. The van der Waals surface area contributed by atoms with Gasteiger partial charge in [-0.3, -0.25) is 14.9 Å². The van der Waals surface area contributed by atoms with Crippen LogP contribution in [0, 0.1) is 0 Å². The summed E-state index contributed by atoms with van der Waals surface area (Å²) in [5.41, 5.74) is 1.13. The molecule has 0 unspecified atom stereocenters. The zero-order valence-electron chi connectivity index (χ0n) is 18.6. The number of hydrogen-bond donors (Lipinski definition) is 3. The maximum atomic E-state index is 12.5. The van der Waals surface area contributed by atoms with Crippen molar-refractivity contribution >= 4 is 46.9 Å². The molecule has 10 heteroatoms. The number of methoxy groups -OCH3 is 2.